The minimum Gasteiger partial charge on any atom is -0.485 e. The van der Waals surface area contributed by atoms with Crippen LogP contribution in [0.1, 0.15) is 74.8 Å². The van der Waals surface area contributed by atoms with E-state index in [4.69, 9.17) is 9.47 Å². The van der Waals surface area contributed by atoms with Crippen molar-refractivity contribution in [1.82, 2.24) is 0 Å². The van der Waals surface area contributed by atoms with Crippen molar-refractivity contribution >= 4 is 12.2 Å². The molecule has 1 fully saturated rings. The first kappa shape index (κ1) is 21.6. The van der Waals surface area contributed by atoms with Crippen LogP contribution in [0.3, 0.4) is 0 Å². The lowest BCUT2D eigenvalue weighted by atomic mass is 9.87. The quantitative estimate of drug-likeness (QED) is 0.575. The van der Waals surface area contributed by atoms with Crippen molar-refractivity contribution in [2.24, 2.45) is 10.9 Å². The Hall–Kier alpha value is -2.62. The second-order valence-corrected chi connectivity index (χ2v) is 9.84. The predicted octanol–water partition coefficient (Wildman–Crippen LogP) is 5.81. The molecule has 4 heteroatoms. The highest BCUT2D eigenvalue weighted by Gasteiger charge is 2.30. The van der Waals surface area contributed by atoms with Crippen molar-refractivity contribution < 1.29 is 14.3 Å². The highest BCUT2D eigenvalue weighted by molar-refractivity contribution is 5.88. The standard InChI is InChI=1S/C27H33NO3/c1-27(2,3)22-11-13-23(14-12-22)31-25(18-7-5-6-8-18)19-9-10-20-17-28-24(26(29)30-4)16-21(20)15-19/h9-15,17-18,24-25H,5-8,16H2,1-4H3. The molecule has 0 saturated heterocycles. The second kappa shape index (κ2) is 8.86. The molecule has 2 aliphatic rings. The third-order valence-electron chi connectivity index (χ3n) is 6.59. The van der Waals surface area contributed by atoms with Gasteiger partial charge in [-0.2, -0.15) is 0 Å². The van der Waals surface area contributed by atoms with Gasteiger partial charge in [-0.3, -0.25) is 4.99 Å². The Morgan fingerprint density at radius 3 is 2.42 bits per heavy atom. The van der Waals surface area contributed by atoms with E-state index in [2.05, 4.69) is 68.2 Å². The minimum absolute atomic E-state index is 0.0173. The smallest absolute Gasteiger partial charge is 0.330 e. The van der Waals surface area contributed by atoms with Crippen LogP contribution in [0, 0.1) is 5.92 Å². The highest BCUT2D eigenvalue weighted by Crippen LogP contribution is 2.40. The summed E-state index contributed by atoms with van der Waals surface area (Å²) in [5, 5.41) is 0. The third-order valence-corrected chi connectivity index (χ3v) is 6.59. The van der Waals surface area contributed by atoms with Crippen LogP contribution in [0.15, 0.2) is 47.5 Å². The number of fused-ring (bicyclic) bond motifs is 1. The van der Waals surface area contributed by atoms with Crippen LogP contribution < -0.4 is 4.74 Å². The van der Waals surface area contributed by atoms with E-state index in [0.29, 0.717) is 12.3 Å². The zero-order valence-electron chi connectivity index (χ0n) is 19.1. The fraction of sp³-hybridized carbons (Fsp3) is 0.481. The number of ether oxygens (including phenoxy) is 2. The van der Waals surface area contributed by atoms with Crippen LogP contribution in [0.5, 0.6) is 5.75 Å². The maximum Gasteiger partial charge on any atom is 0.330 e. The Balaban J connectivity index is 1.60. The van der Waals surface area contributed by atoms with Crippen molar-refractivity contribution in [3.63, 3.8) is 0 Å². The number of carbonyl (C=O) groups excluding carboxylic acids is 1. The van der Waals surface area contributed by atoms with E-state index in [0.717, 1.165) is 16.9 Å². The summed E-state index contributed by atoms with van der Waals surface area (Å²) in [5.74, 6) is 1.14. The van der Waals surface area contributed by atoms with Crippen molar-refractivity contribution in [2.45, 2.75) is 70.4 Å². The minimum atomic E-state index is -0.455. The molecule has 1 saturated carbocycles. The molecule has 2 atom stereocenters. The number of carbonyl (C=O) groups is 1. The van der Waals surface area contributed by atoms with E-state index in [-0.39, 0.29) is 17.5 Å². The number of hydrogen-bond donors (Lipinski definition) is 0. The number of hydrogen-bond acceptors (Lipinski definition) is 4. The van der Waals surface area contributed by atoms with E-state index in [1.54, 1.807) is 6.21 Å². The molecule has 1 aliphatic heterocycles. The Morgan fingerprint density at radius 2 is 1.77 bits per heavy atom. The predicted molar refractivity (Wildman–Crippen MR) is 124 cm³/mol. The summed E-state index contributed by atoms with van der Waals surface area (Å²) in [6, 6.07) is 14.6. The van der Waals surface area contributed by atoms with Gasteiger partial charge in [0, 0.05) is 18.6 Å². The number of aliphatic imine (C=N–C) groups is 1. The maximum absolute atomic E-state index is 12.0. The molecule has 1 heterocycles. The molecule has 0 aromatic heterocycles. The van der Waals surface area contributed by atoms with Gasteiger partial charge in [-0.25, -0.2) is 4.79 Å². The zero-order chi connectivity index (χ0) is 22.0. The van der Waals surface area contributed by atoms with E-state index in [9.17, 15) is 4.79 Å². The van der Waals surface area contributed by atoms with Crippen LogP contribution in [0.4, 0.5) is 0 Å². The van der Waals surface area contributed by atoms with Gasteiger partial charge in [0.2, 0.25) is 0 Å². The lowest BCUT2D eigenvalue weighted by Gasteiger charge is -2.27. The zero-order valence-corrected chi connectivity index (χ0v) is 19.1. The molecular weight excluding hydrogens is 386 g/mol. The second-order valence-electron chi connectivity index (χ2n) is 9.84. The molecule has 2 aromatic carbocycles. The first-order valence-electron chi connectivity index (χ1n) is 11.4. The summed E-state index contributed by atoms with van der Waals surface area (Å²) in [5.41, 5.74) is 4.82. The summed E-state index contributed by atoms with van der Waals surface area (Å²) in [6.07, 6.45) is 7.28. The first-order chi connectivity index (χ1) is 14.8. The fourth-order valence-corrected chi connectivity index (χ4v) is 4.69. The Labute approximate surface area is 185 Å². The van der Waals surface area contributed by atoms with Gasteiger partial charge in [0.05, 0.1) is 7.11 Å². The molecule has 0 spiro atoms. The number of nitrogens with zero attached hydrogens (tertiary/aromatic N) is 1. The average Bonchev–Trinajstić information content (AvgIpc) is 3.30. The van der Waals surface area contributed by atoms with E-state index >= 15 is 0 Å². The average molecular weight is 420 g/mol. The molecule has 0 N–H and O–H groups in total. The molecule has 164 valence electrons. The largest absolute Gasteiger partial charge is 0.485 e. The van der Waals surface area contributed by atoms with Gasteiger partial charge in [-0.15, -0.1) is 0 Å². The molecule has 2 aromatic rings. The number of benzene rings is 2. The van der Waals surface area contributed by atoms with Crippen LogP contribution in [0.25, 0.3) is 0 Å². The third kappa shape index (κ3) is 4.84. The van der Waals surface area contributed by atoms with Gasteiger partial charge in [-0.1, -0.05) is 63.9 Å². The number of rotatable bonds is 5. The van der Waals surface area contributed by atoms with Crippen LogP contribution in [-0.2, 0) is 21.4 Å². The molecule has 2 unspecified atom stereocenters. The van der Waals surface area contributed by atoms with Crippen molar-refractivity contribution in [2.75, 3.05) is 7.11 Å². The Kier molecular flexibility index (Phi) is 6.17. The summed E-state index contributed by atoms with van der Waals surface area (Å²) in [6.45, 7) is 6.67. The van der Waals surface area contributed by atoms with E-state index in [1.165, 1.54) is 43.9 Å². The van der Waals surface area contributed by atoms with E-state index < -0.39 is 6.04 Å². The molecular formula is C27H33NO3. The van der Waals surface area contributed by atoms with Gasteiger partial charge in [0.1, 0.15) is 11.9 Å². The lowest BCUT2D eigenvalue weighted by molar-refractivity contribution is -0.142. The molecule has 0 radical (unpaired) electrons. The van der Waals surface area contributed by atoms with Gasteiger partial charge in [-0.05, 0) is 52.6 Å². The van der Waals surface area contributed by atoms with Crippen LogP contribution >= 0.6 is 0 Å². The number of methoxy groups -OCH3 is 1. The first-order valence-corrected chi connectivity index (χ1v) is 11.4. The fourth-order valence-electron chi connectivity index (χ4n) is 4.69. The SMILES string of the molecule is COC(=O)C1Cc2cc(C(Oc3ccc(C(C)(C)C)cc3)C3CCCC3)ccc2C=N1. The molecule has 4 nitrogen and oxygen atoms in total. The molecule has 4 rings (SSSR count). The van der Waals surface area contributed by atoms with Gasteiger partial charge >= 0.3 is 5.97 Å². The normalized spacial score (nSPS) is 19.7. The van der Waals surface area contributed by atoms with Crippen LogP contribution in [-0.4, -0.2) is 25.3 Å². The summed E-state index contributed by atoms with van der Waals surface area (Å²) < 4.78 is 11.5. The summed E-state index contributed by atoms with van der Waals surface area (Å²) >= 11 is 0. The Bertz CT molecular complexity index is 949. The van der Waals surface area contributed by atoms with Gasteiger partial charge in [0.25, 0.3) is 0 Å². The maximum atomic E-state index is 12.0. The Morgan fingerprint density at radius 1 is 1.06 bits per heavy atom. The molecule has 0 bridgehead atoms. The van der Waals surface area contributed by atoms with Gasteiger partial charge in [0.15, 0.2) is 6.04 Å². The summed E-state index contributed by atoms with van der Waals surface area (Å²) in [4.78, 5) is 16.3. The monoisotopic (exact) mass is 419 g/mol. The van der Waals surface area contributed by atoms with Crippen molar-refractivity contribution in [3.05, 3.63) is 64.7 Å². The number of esters is 1. The highest BCUT2D eigenvalue weighted by atomic mass is 16.5. The van der Waals surface area contributed by atoms with Crippen molar-refractivity contribution in [3.8, 4) is 5.75 Å². The molecule has 1 aliphatic carbocycles. The lowest BCUT2D eigenvalue weighted by Crippen LogP contribution is -2.26. The van der Waals surface area contributed by atoms with Gasteiger partial charge < -0.3 is 9.47 Å². The topological polar surface area (TPSA) is 47.9 Å². The van der Waals surface area contributed by atoms with Crippen LogP contribution in [0.2, 0.25) is 0 Å². The summed E-state index contributed by atoms with van der Waals surface area (Å²) in [7, 11) is 1.42. The molecule has 31 heavy (non-hydrogen) atoms. The van der Waals surface area contributed by atoms with Crippen molar-refractivity contribution in [1.29, 1.82) is 0 Å². The molecule has 0 amide bonds. The van der Waals surface area contributed by atoms with E-state index in [1.807, 2.05) is 0 Å².